The molecule has 3 rings (SSSR count). The first-order chi connectivity index (χ1) is 10.0. The smallest absolute Gasteiger partial charge is 0.259 e. The van der Waals surface area contributed by atoms with Gasteiger partial charge in [-0.2, -0.15) is 0 Å². The fraction of sp³-hybridized carbons (Fsp3) is 0.562. The van der Waals surface area contributed by atoms with Crippen molar-refractivity contribution in [1.29, 1.82) is 0 Å². The predicted molar refractivity (Wildman–Crippen MR) is 73.8 cm³/mol. The first kappa shape index (κ1) is 14.4. The van der Waals surface area contributed by atoms with Crippen molar-refractivity contribution in [3.8, 4) is 0 Å². The Balaban J connectivity index is 1.81. The molecule has 1 aromatic rings. The molecule has 1 amide bonds. The zero-order chi connectivity index (χ0) is 15.0. The van der Waals surface area contributed by atoms with Crippen LogP contribution in [-0.2, 0) is 0 Å². The summed E-state index contributed by atoms with van der Waals surface area (Å²) in [6.45, 7) is 0.725. The number of fused-ring (bicyclic) bond motifs is 1. The lowest BCUT2D eigenvalue weighted by molar-refractivity contribution is -0.0886. The van der Waals surface area contributed by atoms with Crippen LogP contribution in [-0.4, -0.2) is 34.6 Å². The van der Waals surface area contributed by atoms with Crippen molar-refractivity contribution in [1.82, 2.24) is 4.90 Å². The number of benzene rings is 1. The van der Waals surface area contributed by atoms with Gasteiger partial charge in [0.25, 0.3) is 5.91 Å². The monoisotopic (exact) mass is 295 g/mol. The van der Waals surface area contributed by atoms with Gasteiger partial charge in [0.05, 0.1) is 5.60 Å². The van der Waals surface area contributed by atoms with E-state index in [-0.39, 0.29) is 5.92 Å². The van der Waals surface area contributed by atoms with Gasteiger partial charge in [-0.1, -0.05) is 18.9 Å². The van der Waals surface area contributed by atoms with Crippen LogP contribution in [0.5, 0.6) is 0 Å². The van der Waals surface area contributed by atoms with Gasteiger partial charge < -0.3 is 10.0 Å². The number of piperidine rings is 1. The molecule has 0 radical (unpaired) electrons. The van der Waals surface area contributed by atoms with Gasteiger partial charge in [-0.25, -0.2) is 8.78 Å². The van der Waals surface area contributed by atoms with Gasteiger partial charge in [0.1, 0.15) is 17.2 Å². The van der Waals surface area contributed by atoms with E-state index in [1.807, 2.05) is 0 Å². The zero-order valence-corrected chi connectivity index (χ0v) is 11.8. The molecule has 2 fully saturated rings. The molecule has 3 nitrogen and oxygen atoms in total. The van der Waals surface area contributed by atoms with E-state index in [2.05, 4.69) is 0 Å². The number of likely N-dealkylation sites (tertiary alicyclic amines) is 1. The molecule has 0 bridgehead atoms. The molecule has 0 aromatic heterocycles. The van der Waals surface area contributed by atoms with Gasteiger partial charge in [0.15, 0.2) is 0 Å². The number of rotatable bonds is 1. The van der Waals surface area contributed by atoms with Crippen LogP contribution in [0.4, 0.5) is 8.78 Å². The molecule has 1 saturated heterocycles. The summed E-state index contributed by atoms with van der Waals surface area (Å²) >= 11 is 0. The third-order valence-corrected chi connectivity index (χ3v) is 4.89. The van der Waals surface area contributed by atoms with Crippen LogP contribution in [0.1, 0.15) is 42.5 Å². The minimum absolute atomic E-state index is 0.0128. The largest absolute Gasteiger partial charge is 0.389 e. The second-order valence-electron chi connectivity index (χ2n) is 6.14. The molecule has 1 saturated carbocycles. The third-order valence-electron chi connectivity index (χ3n) is 4.89. The molecular weight excluding hydrogens is 276 g/mol. The number of aliphatic hydroxyl groups is 1. The standard InChI is InChI=1S/C16H19F2NO2/c17-12-5-3-6-13(18)14(12)15(20)19-9-8-16(21)7-2-1-4-11(16)10-19/h3,5-6,11,21H,1-2,4,7-10H2. The number of carbonyl (C=O) groups excluding carboxylic acids is 1. The second kappa shape index (κ2) is 5.37. The molecule has 5 heteroatoms. The van der Waals surface area contributed by atoms with Crippen LogP contribution in [0, 0.1) is 17.6 Å². The fourth-order valence-corrected chi connectivity index (χ4v) is 3.62. The minimum Gasteiger partial charge on any atom is -0.389 e. The van der Waals surface area contributed by atoms with Gasteiger partial charge >= 0.3 is 0 Å². The molecule has 2 unspecified atom stereocenters. The topological polar surface area (TPSA) is 40.5 Å². The number of hydrogen-bond donors (Lipinski definition) is 1. The number of halogens is 2. The van der Waals surface area contributed by atoms with Gasteiger partial charge in [0, 0.05) is 19.0 Å². The summed E-state index contributed by atoms with van der Waals surface area (Å²) in [6, 6.07) is 3.44. The average molecular weight is 295 g/mol. The number of carbonyl (C=O) groups is 1. The van der Waals surface area contributed by atoms with Crippen LogP contribution < -0.4 is 0 Å². The van der Waals surface area contributed by atoms with E-state index in [0.29, 0.717) is 19.5 Å². The van der Waals surface area contributed by atoms with Crippen LogP contribution in [0.25, 0.3) is 0 Å². The maximum Gasteiger partial charge on any atom is 0.259 e. The Labute approximate surface area is 122 Å². The van der Waals surface area contributed by atoms with Crippen LogP contribution >= 0.6 is 0 Å². The number of amides is 1. The highest BCUT2D eigenvalue weighted by Crippen LogP contribution is 2.40. The number of nitrogens with zero attached hydrogens (tertiary/aromatic N) is 1. The van der Waals surface area contributed by atoms with Crippen molar-refractivity contribution in [2.75, 3.05) is 13.1 Å². The summed E-state index contributed by atoms with van der Waals surface area (Å²) in [4.78, 5) is 13.9. The summed E-state index contributed by atoms with van der Waals surface area (Å²) < 4.78 is 27.5. The van der Waals surface area contributed by atoms with Crippen molar-refractivity contribution in [3.05, 3.63) is 35.4 Å². The third kappa shape index (κ3) is 2.55. The lowest BCUT2D eigenvalue weighted by Crippen LogP contribution is -2.54. The molecular formula is C16H19F2NO2. The van der Waals surface area contributed by atoms with Crippen molar-refractivity contribution >= 4 is 5.91 Å². The van der Waals surface area contributed by atoms with Gasteiger partial charge in [-0.3, -0.25) is 4.79 Å². The highest BCUT2D eigenvalue weighted by molar-refractivity contribution is 5.94. The SMILES string of the molecule is O=C(c1c(F)cccc1F)N1CCC2(O)CCCCC2C1. The molecule has 1 heterocycles. The summed E-state index contributed by atoms with van der Waals surface area (Å²) in [5, 5.41) is 10.6. The maximum absolute atomic E-state index is 13.7. The van der Waals surface area contributed by atoms with E-state index in [9.17, 15) is 18.7 Å². The van der Waals surface area contributed by atoms with Gasteiger partial charge in [-0.05, 0) is 31.4 Å². The fourth-order valence-electron chi connectivity index (χ4n) is 3.62. The Hall–Kier alpha value is -1.49. The molecule has 114 valence electrons. The lowest BCUT2D eigenvalue weighted by Gasteiger charge is -2.47. The van der Waals surface area contributed by atoms with E-state index >= 15 is 0 Å². The number of hydrogen-bond acceptors (Lipinski definition) is 2. The van der Waals surface area contributed by atoms with E-state index in [0.717, 1.165) is 37.8 Å². The summed E-state index contributed by atoms with van der Waals surface area (Å²) in [5.41, 5.74) is -1.19. The second-order valence-corrected chi connectivity index (χ2v) is 6.14. The quantitative estimate of drug-likeness (QED) is 0.865. The Morgan fingerprint density at radius 2 is 1.95 bits per heavy atom. The zero-order valence-electron chi connectivity index (χ0n) is 11.8. The molecule has 1 aliphatic heterocycles. The Morgan fingerprint density at radius 3 is 2.67 bits per heavy atom. The van der Waals surface area contributed by atoms with Crippen molar-refractivity contribution < 1.29 is 18.7 Å². The van der Waals surface area contributed by atoms with Crippen molar-refractivity contribution in [2.45, 2.75) is 37.7 Å². The highest BCUT2D eigenvalue weighted by Gasteiger charge is 2.44. The van der Waals surface area contributed by atoms with Crippen LogP contribution in [0.15, 0.2) is 18.2 Å². The molecule has 2 aliphatic rings. The van der Waals surface area contributed by atoms with Crippen LogP contribution in [0.3, 0.4) is 0 Å². The van der Waals surface area contributed by atoms with Gasteiger partial charge in [0.2, 0.25) is 0 Å². The summed E-state index contributed by atoms with van der Waals surface area (Å²) in [6.07, 6.45) is 4.14. The van der Waals surface area contributed by atoms with E-state index in [1.54, 1.807) is 0 Å². The maximum atomic E-state index is 13.7. The Kier molecular flexibility index (Phi) is 3.69. The van der Waals surface area contributed by atoms with E-state index in [4.69, 9.17) is 0 Å². The normalized spacial score (nSPS) is 29.1. The van der Waals surface area contributed by atoms with Crippen molar-refractivity contribution in [3.63, 3.8) is 0 Å². The molecule has 1 aromatic carbocycles. The summed E-state index contributed by atoms with van der Waals surface area (Å²) in [7, 11) is 0. The van der Waals surface area contributed by atoms with E-state index in [1.165, 1.54) is 11.0 Å². The van der Waals surface area contributed by atoms with Crippen LogP contribution in [0.2, 0.25) is 0 Å². The van der Waals surface area contributed by atoms with E-state index < -0.39 is 28.7 Å². The molecule has 0 spiro atoms. The Morgan fingerprint density at radius 1 is 1.24 bits per heavy atom. The lowest BCUT2D eigenvalue weighted by atomic mass is 9.71. The Bertz CT molecular complexity index is 543. The highest BCUT2D eigenvalue weighted by atomic mass is 19.1. The van der Waals surface area contributed by atoms with Crippen molar-refractivity contribution in [2.24, 2.45) is 5.92 Å². The minimum atomic E-state index is -0.829. The molecule has 21 heavy (non-hydrogen) atoms. The summed E-state index contributed by atoms with van der Waals surface area (Å²) in [5.74, 6) is -2.26. The average Bonchev–Trinajstić information content (AvgIpc) is 2.46. The first-order valence-electron chi connectivity index (χ1n) is 7.47. The first-order valence-corrected chi connectivity index (χ1v) is 7.47. The predicted octanol–water partition coefficient (Wildman–Crippen LogP) is 2.73. The molecule has 1 N–H and O–H groups in total. The van der Waals surface area contributed by atoms with Gasteiger partial charge in [-0.15, -0.1) is 0 Å². The molecule has 2 atom stereocenters. The molecule has 1 aliphatic carbocycles.